The highest BCUT2D eigenvalue weighted by atomic mass is 16.2. The van der Waals surface area contributed by atoms with E-state index in [9.17, 15) is 9.59 Å². The molecule has 1 N–H and O–H groups in total. The average molecular weight is 411 g/mol. The summed E-state index contributed by atoms with van der Waals surface area (Å²) >= 11 is 0. The highest BCUT2D eigenvalue weighted by Gasteiger charge is 2.50. The maximum absolute atomic E-state index is 12.9. The summed E-state index contributed by atoms with van der Waals surface area (Å²) in [7, 11) is 0. The third-order valence-corrected chi connectivity index (χ3v) is 6.67. The van der Waals surface area contributed by atoms with Gasteiger partial charge in [0.1, 0.15) is 0 Å². The molecule has 1 unspecified atom stereocenters. The number of carbonyl (C=O) groups excluding carboxylic acids is 2. The first kappa shape index (κ1) is 20.5. The van der Waals surface area contributed by atoms with Gasteiger partial charge in [0.15, 0.2) is 5.69 Å². The molecule has 1 aliphatic heterocycles. The van der Waals surface area contributed by atoms with Crippen LogP contribution in [-0.2, 0) is 0 Å². The molecule has 0 bridgehead atoms. The van der Waals surface area contributed by atoms with Crippen molar-refractivity contribution in [2.45, 2.75) is 52.5 Å². The smallest absolute Gasteiger partial charge is 0.273 e. The number of carbonyl (C=O) groups is 2. The summed E-state index contributed by atoms with van der Waals surface area (Å²) in [5.74, 6) is 0.286. The van der Waals surface area contributed by atoms with Crippen molar-refractivity contribution in [3.63, 3.8) is 0 Å². The first-order chi connectivity index (χ1) is 14.4. The molecule has 0 aromatic carbocycles. The number of likely N-dealkylation sites (tertiary alicyclic amines) is 1. The number of piperidine rings is 1. The van der Waals surface area contributed by atoms with E-state index in [0.29, 0.717) is 23.7 Å². The number of pyridine rings is 1. The van der Waals surface area contributed by atoms with Crippen molar-refractivity contribution in [3.8, 4) is 0 Å². The quantitative estimate of drug-likeness (QED) is 0.818. The maximum Gasteiger partial charge on any atom is 0.273 e. The lowest BCUT2D eigenvalue weighted by Crippen LogP contribution is -2.51. The predicted octanol–water partition coefficient (Wildman–Crippen LogP) is 2.62. The molecule has 1 saturated carbocycles. The second kappa shape index (κ2) is 8.16. The van der Waals surface area contributed by atoms with Crippen molar-refractivity contribution in [1.29, 1.82) is 0 Å². The molecule has 4 rings (SSSR count). The summed E-state index contributed by atoms with van der Waals surface area (Å²) in [6, 6.07) is 2.12. The summed E-state index contributed by atoms with van der Waals surface area (Å²) in [5, 5.41) is 11.3. The van der Waals surface area contributed by atoms with Gasteiger partial charge in [0, 0.05) is 32.0 Å². The Kier molecular flexibility index (Phi) is 5.58. The summed E-state index contributed by atoms with van der Waals surface area (Å²) in [6.07, 6.45) is 9.19. The molecule has 1 atom stereocenters. The highest BCUT2D eigenvalue weighted by Crippen LogP contribution is 2.56. The Hall–Kier alpha value is -2.77. The largest absolute Gasteiger partial charge is 0.350 e. The van der Waals surface area contributed by atoms with Crippen LogP contribution in [0.25, 0.3) is 0 Å². The second-order valence-corrected chi connectivity index (χ2v) is 9.09. The van der Waals surface area contributed by atoms with Crippen LogP contribution in [0.15, 0.2) is 24.7 Å². The van der Waals surface area contributed by atoms with Crippen LogP contribution < -0.4 is 5.32 Å². The lowest BCUT2D eigenvalue weighted by Gasteiger charge is -2.53. The van der Waals surface area contributed by atoms with Crippen molar-refractivity contribution < 1.29 is 9.59 Å². The van der Waals surface area contributed by atoms with Crippen LogP contribution in [0.4, 0.5) is 0 Å². The Morgan fingerprint density at radius 1 is 1.27 bits per heavy atom. The Morgan fingerprint density at radius 2 is 2.03 bits per heavy atom. The van der Waals surface area contributed by atoms with E-state index < -0.39 is 0 Å². The summed E-state index contributed by atoms with van der Waals surface area (Å²) < 4.78 is 1.87. The van der Waals surface area contributed by atoms with E-state index in [4.69, 9.17) is 0 Å². The van der Waals surface area contributed by atoms with E-state index in [1.165, 1.54) is 0 Å². The van der Waals surface area contributed by atoms with Gasteiger partial charge in [0.2, 0.25) is 0 Å². The van der Waals surface area contributed by atoms with Gasteiger partial charge in [-0.3, -0.25) is 14.6 Å². The van der Waals surface area contributed by atoms with E-state index in [0.717, 1.165) is 44.3 Å². The molecule has 1 saturated heterocycles. The van der Waals surface area contributed by atoms with Gasteiger partial charge >= 0.3 is 0 Å². The fourth-order valence-electron chi connectivity index (χ4n) is 4.61. The lowest BCUT2D eigenvalue weighted by atomic mass is 9.59. The molecular weight excluding hydrogens is 380 g/mol. The summed E-state index contributed by atoms with van der Waals surface area (Å²) in [4.78, 5) is 31.2. The Morgan fingerprint density at radius 3 is 2.67 bits per heavy atom. The van der Waals surface area contributed by atoms with Crippen molar-refractivity contribution in [1.82, 2.24) is 30.2 Å². The van der Waals surface area contributed by atoms with Crippen LogP contribution in [-0.4, -0.2) is 56.3 Å². The Labute approximate surface area is 177 Å². The lowest BCUT2D eigenvalue weighted by molar-refractivity contribution is -0.0268. The number of nitrogens with one attached hydrogen (secondary N) is 1. The van der Waals surface area contributed by atoms with Crippen molar-refractivity contribution in [2.24, 2.45) is 11.3 Å². The van der Waals surface area contributed by atoms with Crippen molar-refractivity contribution >= 4 is 11.8 Å². The normalized spacial score (nSPS) is 20.3. The van der Waals surface area contributed by atoms with Crippen LogP contribution >= 0.6 is 0 Å². The molecule has 2 fully saturated rings. The van der Waals surface area contributed by atoms with Crippen molar-refractivity contribution in [3.05, 3.63) is 41.5 Å². The first-order valence-electron chi connectivity index (χ1n) is 10.8. The minimum Gasteiger partial charge on any atom is -0.350 e. The molecule has 30 heavy (non-hydrogen) atoms. The van der Waals surface area contributed by atoms with Crippen LogP contribution in [0.1, 0.15) is 72.0 Å². The number of rotatable bonds is 5. The topological polar surface area (TPSA) is 93.0 Å². The zero-order valence-corrected chi connectivity index (χ0v) is 18.0. The molecule has 3 heterocycles. The molecule has 1 spiro atoms. The van der Waals surface area contributed by atoms with E-state index in [1.807, 2.05) is 22.6 Å². The Bertz CT molecular complexity index is 929. The monoisotopic (exact) mass is 410 g/mol. The number of aryl methyl sites for hydroxylation is 1. The van der Waals surface area contributed by atoms with Gasteiger partial charge in [0.25, 0.3) is 11.8 Å². The number of nitrogens with zero attached hydrogens (tertiary/aromatic N) is 5. The SMILES string of the molecule is Cc1ccncc1C(=O)N1CCC2(CCC2n2cc(C(=O)NCC(C)C)nn2)CC1. The zero-order valence-electron chi connectivity index (χ0n) is 18.0. The fraction of sp³-hybridized carbons (Fsp3) is 0.591. The van der Waals surface area contributed by atoms with Crippen LogP contribution in [0.3, 0.4) is 0 Å². The molecule has 2 amide bonds. The maximum atomic E-state index is 12.9. The number of hydrogen-bond donors (Lipinski definition) is 1. The van der Waals surface area contributed by atoms with Gasteiger partial charge in [0.05, 0.1) is 17.8 Å². The van der Waals surface area contributed by atoms with Gasteiger partial charge in [-0.15, -0.1) is 5.10 Å². The van der Waals surface area contributed by atoms with Crippen LogP contribution in [0.5, 0.6) is 0 Å². The van der Waals surface area contributed by atoms with E-state index in [-0.39, 0.29) is 23.3 Å². The minimum absolute atomic E-state index is 0.0659. The zero-order chi connectivity index (χ0) is 21.3. The van der Waals surface area contributed by atoms with Gasteiger partial charge in [-0.1, -0.05) is 19.1 Å². The molecule has 1 aliphatic carbocycles. The molecule has 0 radical (unpaired) electrons. The van der Waals surface area contributed by atoms with Gasteiger partial charge in [-0.05, 0) is 55.6 Å². The van der Waals surface area contributed by atoms with E-state index in [1.54, 1.807) is 18.6 Å². The molecule has 8 nitrogen and oxygen atoms in total. The molecule has 8 heteroatoms. The minimum atomic E-state index is -0.171. The second-order valence-electron chi connectivity index (χ2n) is 9.09. The van der Waals surface area contributed by atoms with E-state index >= 15 is 0 Å². The van der Waals surface area contributed by atoms with Gasteiger partial charge in [-0.2, -0.15) is 0 Å². The highest BCUT2D eigenvalue weighted by molar-refractivity contribution is 5.95. The van der Waals surface area contributed by atoms with E-state index in [2.05, 4.69) is 34.5 Å². The fourth-order valence-corrected chi connectivity index (χ4v) is 4.61. The molecule has 2 aromatic rings. The van der Waals surface area contributed by atoms with Gasteiger partial charge < -0.3 is 10.2 Å². The number of amides is 2. The Balaban J connectivity index is 1.39. The van der Waals surface area contributed by atoms with Gasteiger partial charge in [-0.25, -0.2) is 4.68 Å². The van der Waals surface area contributed by atoms with Crippen molar-refractivity contribution in [2.75, 3.05) is 19.6 Å². The van der Waals surface area contributed by atoms with Crippen LogP contribution in [0, 0.1) is 18.3 Å². The molecule has 2 aromatic heterocycles. The summed E-state index contributed by atoms with van der Waals surface area (Å²) in [5.41, 5.74) is 2.16. The molecule has 2 aliphatic rings. The number of aromatic nitrogens is 4. The predicted molar refractivity (Wildman–Crippen MR) is 112 cm³/mol. The first-order valence-corrected chi connectivity index (χ1v) is 10.8. The third kappa shape index (κ3) is 3.82. The molecule has 160 valence electrons. The third-order valence-electron chi connectivity index (χ3n) is 6.67. The number of hydrogen-bond acceptors (Lipinski definition) is 5. The average Bonchev–Trinajstić information content (AvgIpc) is 3.20. The summed E-state index contributed by atoms with van der Waals surface area (Å²) in [6.45, 7) is 8.16. The van der Waals surface area contributed by atoms with Crippen LogP contribution in [0.2, 0.25) is 0 Å². The standard InChI is InChI=1S/C22H30N6O2/c1-15(2)12-24-20(29)18-14-28(26-25-18)19-4-6-22(19)7-10-27(11-8-22)21(30)17-13-23-9-5-16(17)3/h5,9,13-15,19H,4,6-8,10-12H2,1-3H3,(H,24,29). The molecular formula is C22H30N6O2.